The highest BCUT2D eigenvalue weighted by Gasteiger charge is 2.52. The number of alkyl halides is 3. The molecular weight excluding hydrogens is 512 g/mol. The number of aromatic nitrogens is 4. The van der Waals surface area contributed by atoms with Gasteiger partial charge in [-0.05, 0) is 50.5 Å². The second-order valence-electron chi connectivity index (χ2n) is 9.93. The number of fused-ring (bicyclic) bond motifs is 3. The molecule has 1 aromatic carbocycles. The van der Waals surface area contributed by atoms with E-state index in [-0.39, 0.29) is 24.8 Å². The van der Waals surface area contributed by atoms with Gasteiger partial charge in [0.05, 0.1) is 25.5 Å². The zero-order valence-electron chi connectivity index (χ0n) is 20.7. The predicted molar refractivity (Wildman–Crippen MR) is 131 cm³/mol. The van der Waals surface area contributed by atoms with Gasteiger partial charge in [0.15, 0.2) is 17.4 Å². The summed E-state index contributed by atoms with van der Waals surface area (Å²) < 4.78 is 62.7. The molecule has 3 aromatic rings. The van der Waals surface area contributed by atoms with E-state index >= 15 is 0 Å². The number of methoxy groups -OCH3 is 1. The molecule has 1 fully saturated rings. The number of piperidine rings is 1. The van der Waals surface area contributed by atoms with Gasteiger partial charge < -0.3 is 9.64 Å². The molecule has 4 heterocycles. The van der Waals surface area contributed by atoms with Crippen molar-refractivity contribution in [2.75, 3.05) is 25.1 Å². The highest BCUT2D eigenvalue weighted by Crippen LogP contribution is 2.40. The zero-order chi connectivity index (χ0) is 26.5. The summed E-state index contributed by atoms with van der Waals surface area (Å²) in [4.78, 5) is 7.62. The lowest BCUT2D eigenvalue weighted by Crippen LogP contribution is -2.53. The van der Waals surface area contributed by atoms with Gasteiger partial charge >= 0.3 is 6.18 Å². The second kappa shape index (κ2) is 9.43. The Kier molecular flexibility index (Phi) is 6.56. The van der Waals surface area contributed by atoms with Crippen LogP contribution < -0.4 is 9.64 Å². The molecule has 0 bridgehead atoms. The van der Waals surface area contributed by atoms with E-state index in [1.807, 2.05) is 10.6 Å². The van der Waals surface area contributed by atoms with Gasteiger partial charge in [-0.2, -0.15) is 13.2 Å². The Labute approximate surface area is 217 Å². The minimum atomic E-state index is -4.44. The number of benzene rings is 1. The van der Waals surface area contributed by atoms with Crippen molar-refractivity contribution in [2.24, 2.45) is 0 Å². The molecule has 12 heteroatoms. The van der Waals surface area contributed by atoms with Crippen LogP contribution in [0.5, 0.6) is 5.75 Å². The first-order valence-corrected chi connectivity index (χ1v) is 12.4. The number of hydrogen-bond acceptors (Lipinski definition) is 6. The molecule has 0 unspecified atom stereocenters. The van der Waals surface area contributed by atoms with Crippen LogP contribution in [0.25, 0.3) is 5.69 Å². The molecule has 2 aliphatic rings. The normalized spacial score (nSPS) is 17.4. The number of nitrogens with zero attached hydrogens (tertiary/aromatic N) is 6. The van der Waals surface area contributed by atoms with Crippen LogP contribution in [0.4, 0.5) is 23.4 Å². The van der Waals surface area contributed by atoms with E-state index in [1.54, 1.807) is 18.2 Å². The van der Waals surface area contributed by atoms with Crippen LogP contribution in [0.2, 0.25) is 5.02 Å². The maximum atomic E-state index is 14.0. The largest absolute Gasteiger partial charge is 0.493 e. The Hall–Kier alpha value is -2.92. The van der Waals surface area contributed by atoms with Crippen LogP contribution >= 0.6 is 11.6 Å². The van der Waals surface area contributed by atoms with E-state index in [0.29, 0.717) is 35.3 Å². The molecule has 198 valence electrons. The first kappa shape index (κ1) is 25.7. The third-order valence-electron chi connectivity index (χ3n) is 7.43. The summed E-state index contributed by atoms with van der Waals surface area (Å²) in [5.41, 5.74) is -0.653. The van der Waals surface area contributed by atoms with Crippen molar-refractivity contribution in [3.05, 3.63) is 58.5 Å². The number of halogens is 5. The topological polar surface area (TPSA) is 59.3 Å². The maximum Gasteiger partial charge on any atom is 0.406 e. The molecule has 0 spiro atoms. The van der Waals surface area contributed by atoms with Gasteiger partial charge in [-0.25, -0.2) is 9.37 Å². The third kappa shape index (κ3) is 4.63. The van der Waals surface area contributed by atoms with Crippen LogP contribution in [-0.2, 0) is 13.1 Å². The van der Waals surface area contributed by atoms with Crippen LogP contribution in [0.1, 0.15) is 49.8 Å². The van der Waals surface area contributed by atoms with E-state index < -0.39 is 17.5 Å². The van der Waals surface area contributed by atoms with Gasteiger partial charge in [0, 0.05) is 36.6 Å². The molecule has 0 saturated carbocycles. The Morgan fingerprint density at radius 2 is 1.78 bits per heavy atom. The lowest BCUT2D eigenvalue weighted by atomic mass is 9.95. The van der Waals surface area contributed by atoms with Crippen LogP contribution in [0.15, 0.2) is 30.5 Å². The number of pyridine rings is 1. The number of anilines is 1. The van der Waals surface area contributed by atoms with Crippen molar-refractivity contribution in [3.8, 4) is 11.4 Å². The number of rotatable bonds is 4. The number of hydrogen-bond donors (Lipinski definition) is 0. The average Bonchev–Trinajstić information content (AvgIpc) is 3.19. The molecule has 37 heavy (non-hydrogen) atoms. The minimum Gasteiger partial charge on any atom is -0.493 e. The lowest BCUT2D eigenvalue weighted by Gasteiger charge is -2.38. The highest BCUT2D eigenvalue weighted by atomic mass is 35.5. The highest BCUT2D eigenvalue weighted by molar-refractivity contribution is 6.30. The molecule has 2 aromatic heterocycles. The summed E-state index contributed by atoms with van der Waals surface area (Å²) in [6.07, 6.45) is -1.84. The SMILES string of the molecule is COc1cc(N2CCC(c3nnc4n3-c3ccc(Cl)cc3CN(C(C)(C)C(F)(F)F)C4)CC2)ncc1F. The quantitative estimate of drug-likeness (QED) is 0.409. The van der Waals surface area contributed by atoms with Crippen LogP contribution in [-0.4, -0.2) is 56.6 Å². The first-order chi connectivity index (χ1) is 17.5. The summed E-state index contributed by atoms with van der Waals surface area (Å²) in [7, 11) is 1.41. The molecule has 0 aliphatic carbocycles. The molecule has 1 saturated heterocycles. The lowest BCUT2D eigenvalue weighted by molar-refractivity contribution is -0.224. The summed E-state index contributed by atoms with van der Waals surface area (Å²) in [5.74, 6) is 1.45. The molecule has 7 nitrogen and oxygen atoms in total. The van der Waals surface area contributed by atoms with Crippen LogP contribution in [0, 0.1) is 5.82 Å². The zero-order valence-corrected chi connectivity index (χ0v) is 21.4. The fraction of sp³-hybridized carbons (Fsp3) is 0.480. The Balaban J connectivity index is 1.45. The summed E-state index contributed by atoms with van der Waals surface area (Å²) in [6.45, 7) is 3.72. The monoisotopic (exact) mass is 538 g/mol. The smallest absolute Gasteiger partial charge is 0.406 e. The Bertz CT molecular complexity index is 1300. The Morgan fingerprint density at radius 3 is 2.46 bits per heavy atom. The van der Waals surface area contributed by atoms with Crippen LogP contribution in [0.3, 0.4) is 0 Å². The van der Waals surface area contributed by atoms with Crippen molar-refractivity contribution in [1.29, 1.82) is 0 Å². The van der Waals surface area contributed by atoms with E-state index in [0.717, 1.165) is 30.6 Å². The summed E-state index contributed by atoms with van der Waals surface area (Å²) >= 11 is 6.25. The standard InChI is InChI=1S/C25H27ClF4N6O/c1-24(2,25(28,29)30)35-13-16-10-17(26)4-5-19(16)36-22(14-35)32-33-23(36)15-6-8-34(9-7-15)21-11-20(37-3)18(27)12-31-21/h4-5,10-12,15H,6-9,13-14H2,1-3H3. The van der Waals surface area contributed by atoms with E-state index in [2.05, 4.69) is 20.1 Å². The number of ether oxygens (including phenoxy) is 1. The predicted octanol–water partition coefficient (Wildman–Crippen LogP) is 5.50. The van der Waals surface area contributed by atoms with Gasteiger partial charge in [-0.3, -0.25) is 9.47 Å². The van der Waals surface area contributed by atoms with Crippen molar-refractivity contribution in [3.63, 3.8) is 0 Å². The van der Waals surface area contributed by atoms with Crippen molar-refractivity contribution in [1.82, 2.24) is 24.6 Å². The van der Waals surface area contributed by atoms with E-state index in [1.165, 1.54) is 25.9 Å². The fourth-order valence-corrected chi connectivity index (χ4v) is 5.17. The fourth-order valence-electron chi connectivity index (χ4n) is 4.97. The molecular formula is C25H27ClF4N6O. The molecule has 0 radical (unpaired) electrons. The van der Waals surface area contributed by atoms with Gasteiger partial charge in [0.25, 0.3) is 0 Å². The molecule has 0 amide bonds. The van der Waals surface area contributed by atoms with Gasteiger partial charge in [0.2, 0.25) is 0 Å². The molecule has 5 rings (SSSR count). The molecule has 2 aliphatic heterocycles. The van der Waals surface area contributed by atoms with Gasteiger partial charge in [-0.15, -0.1) is 10.2 Å². The third-order valence-corrected chi connectivity index (χ3v) is 7.66. The first-order valence-electron chi connectivity index (χ1n) is 12.0. The minimum absolute atomic E-state index is 0.00997. The van der Waals surface area contributed by atoms with Crippen molar-refractivity contribution in [2.45, 2.75) is 57.4 Å². The van der Waals surface area contributed by atoms with E-state index in [4.69, 9.17) is 16.3 Å². The maximum absolute atomic E-state index is 14.0. The van der Waals surface area contributed by atoms with E-state index in [9.17, 15) is 17.6 Å². The van der Waals surface area contributed by atoms with Crippen molar-refractivity contribution < 1.29 is 22.3 Å². The van der Waals surface area contributed by atoms with Gasteiger partial charge in [0.1, 0.15) is 17.2 Å². The molecule has 0 atom stereocenters. The second-order valence-corrected chi connectivity index (χ2v) is 10.4. The summed E-state index contributed by atoms with van der Waals surface area (Å²) in [6, 6.07) is 6.85. The molecule has 0 N–H and O–H groups in total. The summed E-state index contributed by atoms with van der Waals surface area (Å²) in [5, 5.41) is 9.28. The Morgan fingerprint density at radius 1 is 1.05 bits per heavy atom. The van der Waals surface area contributed by atoms with Crippen molar-refractivity contribution >= 4 is 17.4 Å². The average molecular weight is 539 g/mol. The van der Waals surface area contributed by atoms with Gasteiger partial charge in [-0.1, -0.05) is 11.6 Å².